The molecule has 2 aliphatic heterocycles. The van der Waals surface area contributed by atoms with Crippen molar-refractivity contribution >= 4 is 46.0 Å². The molecule has 9 heteroatoms. The largest absolute Gasteiger partial charge is 0.490 e. The van der Waals surface area contributed by atoms with Crippen molar-refractivity contribution in [2.45, 2.75) is 13.5 Å². The Labute approximate surface area is 211 Å². The quantitative estimate of drug-likeness (QED) is 0.289. The van der Waals surface area contributed by atoms with Crippen LogP contribution in [0.15, 0.2) is 65.6 Å². The fraction of sp³-hybridized carbons (Fsp3) is 0.154. The van der Waals surface area contributed by atoms with E-state index in [1.807, 2.05) is 19.1 Å². The van der Waals surface area contributed by atoms with Crippen LogP contribution >= 0.6 is 24.0 Å². The number of carbonyl (C=O) groups excluding carboxylic acids is 1. The third-order valence-electron chi connectivity index (χ3n) is 5.28. The van der Waals surface area contributed by atoms with E-state index in [9.17, 15) is 9.18 Å². The van der Waals surface area contributed by atoms with Crippen molar-refractivity contribution in [3.8, 4) is 23.0 Å². The van der Waals surface area contributed by atoms with Crippen LogP contribution in [-0.4, -0.2) is 23.6 Å². The van der Waals surface area contributed by atoms with E-state index in [0.29, 0.717) is 44.5 Å². The van der Waals surface area contributed by atoms with Gasteiger partial charge in [-0.05, 0) is 60.5 Å². The molecule has 6 nitrogen and oxygen atoms in total. The summed E-state index contributed by atoms with van der Waals surface area (Å²) >= 11 is 6.72. The summed E-state index contributed by atoms with van der Waals surface area (Å²) in [5.41, 5.74) is 2.23. The van der Waals surface area contributed by atoms with Crippen molar-refractivity contribution in [2.24, 2.45) is 0 Å². The Morgan fingerprint density at radius 3 is 2.63 bits per heavy atom. The van der Waals surface area contributed by atoms with E-state index in [1.165, 1.54) is 28.8 Å². The zero-order chi connectivity index (χ0) is 24.4. The zero-order valence-corrected chi connectivity index (χ0v) is 20.3. The third kappa shape index (κ3) is 4.96. The number of thiocarbonyl (C=S) groups is 1. The Kier molecular flexibility index (Phi) is 6.61. The molecule has 1 saturated heterocycles. The molecule has 3 aromatic carbocycles. The molecule has 1 amide bonds. The average Bonchev–Trinajstić information content (AvgIpc) is 3.43. The molecule has 178 valence electrons. The fourth-order valence-corrected chi connectivity index (χ4v) is 4.91. The van der Waals surface area contributed by atoms with Crippen molar-refractivity contribution in [2.75, 3.05) is 18.3 Å². The van der Waals surface area contributed by atoms with Gasteiger partial charge < -0.3 is 18.9 Å². The van der Waals surface area contributed by atoms with Crippen LogP contribution in [0.2, 0.25) is 0 Å². The van der Waals surface area contributed by atoms with E-state index in [2.05, 4.69) is 0 Å². The van der Waals surface area contributed by atoms with Crippen LogP contribution in [0.25, 0.3) is 6.08 Å². The van der Waals surface area contributed by atoms with Crippen LogP contribution in [0.3, 0.4) is 0 Å². The van der Waals surface area contributed by atoms with Crippen molar-refractivity contribution in [3.63, 3.8) is 0 Å². The molecular formula is C26H20FNO5S2. The number of rotatable bonds is 7. The summed E-state index contributed by atoms with van der Waals surface area (Å²) in [4.78, 5) is 15.2. The lowest BCUT2D eigenvalue weighted by Crippen LogP contribution is -2.27. The van der Waals surface area contributed by atoms with Crippen molar-refractivity contribution in [1.29, 1.82) is 0 Å². The number of ether oxygens (including phenoxy) is 4. The molecule has 0 bridgehead atoms. The van der Waals surface area contributed by atoms with Crippen LogP contribution in [0.5, 0.6) is 23.0 Å². The number of nitrogens with zero attached hydrogens (tertiary/aromatic N) is 1. The molecule has 0 aliphatic carbocycles. The number of benzene rings is 3. The summed E-state index contributed by atoms with van der Waals surface area (Å²) < 4.78 is 36.0. The molecule has 1 fully saturated rings. The highest BCUT2D eigenvalue weighted by molar-refractivity contribution is 8.27. The summed E-state index contributed by atoms with van der Waals surface area (Å²) in [5.74, 6) is 1.82. The predicted molar refractivity (Wildman–Crippen MR) is 137 cm³/mol. The number of anilines is 1. The fourth-order valence-electron chi connectivity index (χ4n) is 3.61. The number of hydrogen-bond donors (Lipinski definition) is 0. The zero-order valence-electron chi connectivity index (χ0n) is 18.7. The first-order chi connectivity index (χ1) is 17.0. The Bertz CT molecular complexity index is 1330. The molecular weight excluding hydrogens is 489 g/mol. The van der Waals surface area contributed by atoms with Gasteiger partial charge in [-0.15, -0.1) is 0 Å². The summed E-state index contributed by atoms with van der Waals surface area (Å²) in [6.45, 7) is 2.76. The first kappa shape index (κ1) is 23.2. The first-order valence-corrected chi connectivity index (χ1v) is 12.1. The van der Waals surface area contributed by atoms with E-state index < -0.39 is 0 Å². The SMILES string of the molecule is CCOc1cc(/C=C2\SC(=S)N(c3ccc4c(c3)OCO4)C2=O)ccc1OCc1ccc(F)cc1. The van der Waals surface area contributed by atoms with Crippen molar-refractivity contribution < 1.29 is 28.1 Å². The Morgan fingerprint density at radius 1 is 1.03 bits per heavy atom. The molecule has 0 atom stereocenters. The Hall–Kier alpha value is -3.56. The molecule has 0 spiro atoms. The second-order valence-corrected chi connectivity index (χ2v) is 9.28. The number of fused-ring (bicyclic) bond motifs is 1. The number of carbonyl (C=O) groups is 1. The minimum absolute atomic E-state index is 0.156. The van der Waals surface area contributed by atoms with Gasteiger partial charge in [-0.1, -0.05) is 42.2 Å². The van der Waals surface area contributed by atoms with Crippen LogP contribution in [0, 0.1) is 5.82 Å². The van der Waals surface area contributed by atoms with Crippen LogP contribution in [0.4, 0.5) is 10.1 Å². The predicted octanol–water partition coefficient (Wildman–Crippen LogP) is 5.94. The molecule has 0 aromatic heterocycles. The molecule has 0 radical (unpaired) electrons. The minimum Gasteiger partial charge on any atom is -0.490 e. The van der Waals surface area contributed by atoms with Gasteiger partial charge in [0, 0.05) is 6.07 Å². The highest BCUT2D eigenvalue weighted by atomic mass is 32.2. The molecule has 35 heavy (non-hydrogen) atoms. The first-order valence-electron chi connectivity index (χ1n) is 10.8. The van der Waals surface area contributed by atoms with Crippen molar-refractivity contribution in [1.82, 2.24) is 0 Å². The number of hydrogen-bond acceptors (Lipinski definition) is 7. The van der Waals surface area contributed by atoms with Gasteiger partial charge >= 0.3 is 0 Å². The molecule has 3 aromatic rings. The van der Waals surface area contributed by atoms with Gasteiger partial charge in [0.25, 0.3) is 5.91 Å². The minimum atomic E-state index is -0.294. The van der Waals surface area contributed by atoms with Gasteiger partial charge in [-0.2, -0.15) is 0 Å². The normalized spacial score (nSPS) is 15.7. The van der Waals surface area contributed by atoms with Gasteiger partial charge in [-0.3, -0.25) is 9.69 Å². The van der Waals surface area contributed by atoms with E-state index in [4.69, 9.17) is 31.2 Å². The summed E-state index contributed by atoms with van der Waals surface area (Å²) in [6, 6.07) is 16.9. The molecule has 2 heterocycles. The van der Waals surface area contributed by atoms with Crippen molar-refractivity contribution in [3.05, 3.63) is 82.5 Å². The lowest BCUT2D eigenvalue weighted by atomic mass is 10.1. The van der Waals surface area contributed by atoms with Crippen LogP contribution in [0.1, 0.15) is 18.1 Å². The summed E-state index contributed by atoms with van der Waals surface area (Å²) in [7, 11) is 0. The molecule has 0 unspecified atom stereocenters. The van der Waals surface area contributed by atoms with Gasteiger partial charge in [0.1, 0.15) is 12.4 Å². The Morgan fingerprint density at radius 2 is 1.83 bits per heavy atom. The smallest absolute Gasteiger partial charge is 0.270 e. The van der Waals surface area contributed by atoms with Gasteiger partial charge in [0.2, 0.25) is 6.79 Å². The van der Waals surface area contributed by atoms with Gasteiger partial charge in [0.05, 0.1) is 17.2 Å². The lowest BCUT2D eigenvalue weighted by molar-refractivity contribution is -0.113. The Balaban J connectivity index is 1.35. The maximum Gasteiger partial charge on any atom is 0.270 e. The summed E-state index contributed by atoms with van der Waals surface area (Å²) in [6.07, 6.45) is 1.78. The number of thioether (sulfide) groups is 1. The molecule has 2 aliphatic rings. The molecule has 0 N–H and O–H groups in total. The van der Waals surface area contributed by atoms with Crippen LogP contribution < -0.4 is 23.8 Å². The van der Waals surface area contributed by atoms with Gasteiger partial charge in [-0.25, -0.2) is 4.39 Å². The topological polar surface area (TPSA) is 57.2 Å². The van der Waals surface area contributed by atoms with Crippen LogP contribution in [-0.2, 0) is 11.4 Å². The standard InChI is InChI=1S/C26H20FNO5S2/c1-2-30-22-11-17(5-9-20(22)31-14-16-3-6-18(27)7-4-16)12-24-25(29)28(26(34)35-24)19-8-10-21-23(13-19)33-15-32-21/h3-13H,2,14-15H2,1H3/b24-12-. The van der Waals surface area contributed by atoms with E-state index in [0.717, 1.165) is 11.1 Å². The molecule has 5 rings (SSSR count). The van der Waals surface area contributed by atoms with Gasteiger partial charge in [0.15, 0.2) is 27.3 Å². The highest BCUT2D eigenvalue weighted by Crippen LogP contribution is 2.41. The second-order valence-electron chi connectivity index (χ2n) is 7.61. The summed E-state index contributed by atoms with van der Waals surface area (Å²) in [5, 5.41) is 0. The maximum atomic E-state index is 13.2. The average molecular weight is 510 g/mol. The number of halogens is 1. The monoisotopic (exact) mass is 509 g/mol. The second kappa shape index (κ2) is 9.97. The lowest BCUT2D eigenvalue weighted by Gasteiger charge is -2.15. The van der Waals surface area contributed by atoms with E-state index in [-0.39, 0.29) is 25.1 Å². The maximum absolute atomic E-state index is 13.2. The third-order valence-corrected chi connectivity index (χ3v) is 6.58. The van der Waals surface area contributed by atoms with E-state index in [1.54, 1.807) is 42.5 Å². The number of amides is 1. The van der Waals surface area contributed by atoms with E-state index >= 15 is 0 Å². The molecule has 0 saturated carbocycles. The highest BCUT2D eigenvalue weighted by Gasteiger charge is 2.34.